The topological polar surface area (TPSA) is 124 Å². The maximum Gasteiger partial charge on any atom is 0.318 e. The van der Waals surface area contributed by atoms with Gasteiger partial charge in [-0.1, -0.05) is 6.58 Å². The van der Waals surface area contributed by atoms with Gasteiger partial charge in [0.25, 0.3) is 5.91 Å². The van der Waals surface area contributed by atoms with Crippen molar-refractivity contribution in [1.82, 2.24) is 19.8 Å². The molecule has 3 aliphatic heterocycles. The average Bonchev–Trinajstić information content (AvgIpc) is 3.59. The molecule has 3 atom stereocenters. The Kier molecular flexibility index (Phi) is 7.10. The van der Waals surface area contributed by atoms with Crippen LogP contribution >= 0.6 is 11.3 Å². The summed E-state index contributed by atoms with van der Waals surface area (Å²) in [5, 5.41) is 15.1. The van der Waals surface area contributed by atoms with Gasteiger partial charge < -0.3 is 29.5 Å². The van der Waals surface area contributed by atoms with E-state index in [-0.39, 0.29) is 30.3 Å². The van der Waals surface area contributed by atoms with Crippen molar-refractivity contribution in [3.63, 3.8) is 0 Å². The fraction of sp³-hybridized carbons (Fsp3) is 0.536. The molecular formula is C28H33N7O4S. The number of aromatic nitrogens is 2. The molecule has 5 heterocycles. The maximum atomic E-state index is 13.3. The van der Waals surface area contributed by atoms with E-state index in [0.29, 0.717) is 57.3 Å². The quantitative estimate of drug-likeness (QED) is 0.528. The lowest BCUT2D eigenvalue weighted by atomic mass is 9.81. The number of thiophene rings is 1. The highest BCUT2D eigenvalue weighted by atomic mass is 32.1. The Bertz CT molecular complexity index is 1370. The molecule has 1 aliphatic carbocycles. The van der Waals surface area contributed by atoms with E-state index >= 15 is 0 Å². The van der Waals surface area contributed by atoms with Crippen LogP contribution in [0, 0.1) is 11.3 Å². The zero-order valence-corrected chi connectivity index (χ0v) is 23.4. The minimum absolute atomic E-state index is 0.158. The van der Waals surface area contributed by atoms with Crippen molar-refractivity contribution in [2.75, 3.05) is 50.1 Å². The molecule has 0 bridgehead atoms. The third-order valence-corrected chi connectivity index (χ3v) is 9.31. The van der Waals surface area contributed by atoms with Crippen LogP contribution in [0.25, 0.3) is 0 Å². The second-order valence-electron chi connectivity index (χ2n) is 10.9. The Morgan fingerprint density at radius 2 is 2.25 bits per heavy atom. The molecule has 2 aromatic heterocycles. The lowest BCUT2D eigenvalue weighted by Gasteiger charge is -2.43. The number of hydrogen-bond acceptors (Lipinski definition) is 10. The number of anilines is 2. The molecule has 2 aromatic rings. The molecule has 40 heavy (non-hydrogen) atoms. The summed E-state index contributed by atoms with van der Waals surface area (Å²) in [5.74, 6) is 1.10. The number of likely N-dealkylation sites (N-methyl/N-ethyl adjacent to an activating group) is 1. The Morgan fingerprint density at radius 1 is 1.38 bits per heavy atom. The zero-order chi connectivity index (χ0) is 27.9. The van der Waals surface area contributed by atoms with Crippen LogP contribution in [0.5, 0.6) is 11.8 Å². The maximum absolute atomic E-state index is 13.3. The van der Waals surface area contributed by atoms with Gasteiger partial charge in [0.15, 0.2) is 11.4 Å². The molecule has 2 saturated heterocycles. The van der Waals surface area contributed by atoms with E-state index in [4.69, 9.17) is 19.4 Å². The predicted octanol–water partition coefficient (Wildman–Crippen LogP) is 2.39. The molecule has 2 fully saturated rings. The molecular weight excluding hydrogens is 530 g/mol. The summed E-state index contributed by atoms with van der Waals surface area (Å²) in [5.41, 5.74) is 0.651. The summed E-state index contributed by atoms with van der Waals surface area (Å²) in [7, 11) is 2.10. The fourth-order valence-electron chi connectivity index (χ4n) is 6.23. The van der Waals surface area contributed by atoms with Crippen molar-refractivity contribution in [3.05, 3.63) is 35.4 Å². The number of nitriles is 1. The summed E-state index contributed by atoms with van der Waals surface area (Å²) in [4.78, 5) is 41.6. The van der Waals surface area contributed by atoms with Crippen LogP contribution in [-0.4, -0.2) is 89.1 Å². The number of nitrogens with zero attached hydrogens (tertiary/aromatic N) is 6. The molecule has 0 saturated carbocycles. The highest BCUT2D eigenvalue weighted by Gasteiger charge is 2.49. The monoisotopic (exact) mass is 563 g/mol. The van der Waals surface area contributed by atoms with Gasteiger partial charge in [0, 0.05) is 44.1 Å². The molecule has 3 unspecified atom stereocenters. The van der Waals surface area contributed by atoms with E-state index in [1.807, 2.05) is 11.4 Å². The number of carbonyl (C=O) groups excluding carboxylic acids is 2. The van der Waals surface area contributed by atoms with Gasteiger partial charge in [0.05, 0.1) is 24.2 Å². The van der Waals surface area contributed by atoms with Crippen molar-refractivity contribution in [2.24, 2.45) is 0 Å². The first-order valence-corrected chi connectivity index (χ1v) is 14.6. The van der Waals surface area contributed by atoms with Crippen molar-refractivity contribution >= 4 is 34.0 Å². The standard InChI is InChI=1S/C28H33N7O4S/c1-3-23(36)35-13-12-34(16-18(35)7-10-29)24-20-6-9-28(26(37)32-25-22(39-28)8-14-40-25)15-21(20)30-27(31-24)38-17-19-5-4-11-33(19)2/h3,8,14,18-19H,1,4-7,9,11-13,15-17H2,2H3,(H,32,37). The number of nitrogens with one attached hydrogen (secondary N) is 1. The molecule has 0 radical (unpaired) electrons. The number of rotatable bonds is 6. The highest BCUT2D eigenvalue weighted by molar-refractivity contribution is 7.14. The van der Waals surface area contributed by atoms with Gasteiger partial charge in [-0.25, -0.2) is 0 Å². The van der Waals surface area contributed by atoms with Gasteiger partial charge in [0.1, 0.15) is 17.4 Å². The third kappa shape index (κ3) is 4.77. The molecule has 11 nitrogen and oxygen atoms in total. The zero-order valence-electron chi connectivity index (χ0n) is 22.6. The Labute approximate surface area is 237 Å². The van der Waals surface area contributed by atoms with Crippen molar-refractivity contribution in [1.29, 1.82) is 5.26 Å². The van der Waals surface area contributed by atoms with Crippen molar-refractivity contribution in [3.8, 4) is 17.8 Å². The first kappa shape index (κ1) is 26.5. The Morgan fingerprint density at radius 3 is 3.02 bits per heavy atom. The number of likely N-dealkylation sites (tertiary alicyclic amines) is 1. The number of hydrogen-bond donors (Lipinski definition) is 1. The summed E-state index contributed by atoms with van der Waals surface area (Å²) in [6, 6.07) is 4.39. The van der Waals surface area contributed by atoms with Crippen molar-refractivity contribution in [2.45, 2.75) is 56.2 Å². The van der Waals surface area contributed by atoms with Crippen LogP contribution in [-0.2, 0) is 22.4 Å². The average molecular weight is 564 g/mol. The van der Waals surface area contributed by atoms with E-state index < -0.39 is 5.60 Å². The number of piperazine rings is 1. The lowest BCUT2D eigenvalue weighted by molar-refractivity contribution is -0.133. The van der Waals surface area contributed by atoms with Crippen LogP contribution in [0.15, 0.2) is 24.1 Å². The number of ether oxygens (including phenoxy) is 2. The van der Waals surface area contributed by atoms with Crippen LogP contribution in [0.1, 0.15) is 36.9 Å². The minimum Gasteiger partial charge on any atom is -0.474 e. The van der Waals surface area contributed by atoms with Gasteiger partial charge in [0.2, 0.25) is 5.91 Å². The molecule has 210 valence electrons. The molecule has 2 amide bonds. The fourth-order valence-corrected chi connectivity index (χ4v) is 6.93. The Hall–Kier alpha value is -3.69. The first-order valence-electron chi connectivity index (χ1n) is 13.8. The second-order valence-corrected chi connectivity index (χ2v) is 11.8. The molecule has 0 aromatic carbocycles. The normalized spacial score (nSPS) is 25.9. The molecule has 6 rings (SSSR count). The van der Waals surface area contributed by atoms with E-state index in [1.165, 1.54) is 17.4 Å². The van der Waals surface area contributed by atoms with Gasteiger partial charge in [-0.2, -0.15) is 15.2 Å². The summed E-state index contributed by atoms with van der Waals surface area (Å²) < 4.78 is 12.5. The van der Waals surface area contributed by atoms with Gasteiger partial charge in [-0.15, -0.1) is 11.3 Å². The van der Waals surface area contributed by atoms with E-state index in [9.17, 15) is 14.9 Å². The van der Waals surface area contributed by atoms with Crippen LogP contribution in [0.3, 0.4) is 0 Å². The number of carbonyl (C=O) groups is 2. The smallest absolute Gasteiger partial charge is 0.318 e. The van der Waals surface area contributed by atoms with Crippen molar-refractivity contribution < 1.29 is 19.1 Å². The number of fused-ring (bicyclic) bond motifs is 2. The summed E-state index contributed by atoms with van der Waals surface area (Å²) in [6.07, 6.45) is 5.04. The van der Waals surface area contributed by atoms with Crippen LogP contribution in [0.2, 0.25) is 0 Å². The van der Waals surface area contributed by atoms with Crippen LogP contribution in [0.4, 0.5) is 10.8 Å². The van der Waals surface area contributed by atoms with Gasteiger partial charge >= 0.3 is 6.01 Å². The molecule has 4 aliphatic rings. The summed E-state index contributed by atoms with van der Waals surface area (Å²) >= 11 is 1.44. The van der Waals surface area contributed by atoms with E-state index in [2.05, 4.69) is 34.8 Å². The van der Waals surface area contributed by atoms with Gasteiger partial charge in [-0.3, -0.25) is 9.59 Å². The van der Waals surface area contributed by atoms with Gasteiger partial charge in [-0.05, 0) is 50.4 Å². The first-order chi connectivity index (χ1) is 19.4. The summed E-state index contributed by atoms with van der Waals surface area (Å²) in [6.45, 7) is 6.61. The molecule has 12 heteroatoms. The SMILES string of the molecule is C=CC(=O)N1CCN(c2nc(OCC3CCCN3C)nc3c2CCC2(C3)Oc3ccsc3NC2=O)CC1CC#N. The second kappa shape index (κ2) is 10.7. The van der Waals surface area contributed by atoms with E-state index in [1.54, 1.807) is 4.90 Å². The van der Waals surface area contributed by atoms with Crippen LogP contribution < -0.4 is 19.7 Å². The predicted molar refractivity (Wildman–Crippen MR) is 150 cm³/mol. The lowest BCUT2D eigenvalue weighted by Crippen LogP contribution is -2.56. The number of amides is 2. The largest absolute Gasteiger partial charge is 0.474 e. The third-order valence-electron chi connectivity index (χ3n) is 8.50. The highest BCUT2D eigenvalue weighted by Crippen LogP contribution is 2.44. The van der Waals surface area contributed by atoms with E-state index in [0.717, 1.165) is 41.5 Å². The molecule has 1 spiro atoms. The minimum atomic E-state index is -1.05. The molecule has 1 N–H and O–H groups in total. The Balaban J connectivity index is 1.32.